The SMILES string of the molecule is CC(C)Nc1cc2c(cn1)nc(Nc1c(F)cc(F)cc1F)n2[C@H]1CCOC1. The third-order valence-corrected chi connectivity index (χ3v) is 4.53. The molecule has 4 rings (SSSR count). The molecule has 0 spiro atoms. The lowest BCUT2D eigenvalue weighted by Gasteiger charge is -2.17. The van der Waals surface area contributed by atoms with Crippen molar-refractivity contribution in [3.8, 4) is 0 Å². The Labute approximate surface area is 159 Å². The van der Waals surface area contributed by atoms with Gasteiger partial charge in [0.15, 0.2) is 11.6 Å². The molecule has 2 N–H and O–H groups in total. The van der Waals surface area contributed by atoms with Crippen LogP contribution in [0.15, 0.2) is 24.4 Å². The lowest BCUT2D eigenvalue weighted by atomic mass is 10.2. The standard InChI is InChI=1S/C19H20F3N5O/c1-10(2)24-17-7-16-15(8-23-17)25-19(27(16)12-3-4-28-9-12)26-18-13(21)5-11(20)6-14(18)22/h5-8,10,12H,3-4,9H2,1-2H3,(H,23,24)(H,25,26)/t12-/m0/s1. The van der Waals surface area contributed by atoms with E-state index in [1.54, 1.807) is 6.20 Å². The van der Waals surface area contributed by atoms with Gasteiger partial charge in [-0.15, -0.1) is 0 Å². The summed E-state index contributed by atoms with van der Waals surface area (Å²) in [6.45, 7) is 5.05. The molecule has 0 bridgehead atoms. The van der Waals surface area contributed by atoms with Crippen molar-refractivity contribution in [3.05, 3.63) is 41.8 Å². The summed E-state index contributed by atoms with van der Waals surface area (Å²) in [5.74, 6) is -2.11. The van der Waals surface area contributed by atoms with Crippen LogP contribution < -0.4 is 10.6 Å². The van der Waals surface area contributed by atoms with Crippen molar-refractivity contribution in [1.29, 1.82) is 0 Å². The van der Waals surface area contributed by atoms with Crippen LogP contribution in [0.3, 0.4) is 0 Å². The molecule has 3 aromatic rings. The van der Waals surface area contributed by atoms with Gasteiger partial charge in [0.2, 0.25) is 5.95 Å². The number of benzene rings is 1. The molecule has 0 amide bonds. The van der Waals surface area contributed by atoms with E-state index in [9.17, 15) is 13.2 Å². The van der Waals surface area contributed by atoms with Crippen LogP contribution in [0.4, 0.5) is 30.6 Å². The first-order valence-electron chi connectivity index (χ1n) is 9.06. The number of hydrogen-bond donors (Lipinski definition) is 2. The molecule has 1 saturated heterocycles. The Hall–Kier alpha value is -2.81. The Morgan fingerprint density at radius 1 is 1.18 bits per heavy atom. The fourth-order valence-corrected chi connectivity index (χ4v) is 3.33. The molecule has 1 atom stereocenters. The normalized spacial score (nSPS) is 16.9. The predicted octanol–water partition coefficient (Wildman–Crippen LogP) is 4.37. The molecule has 2 aromatic heterocycles. The number of ether oxygens (including phenoxy) is 1. The van der Waals surface area contributed by atoms with E-state index in [1.165, 1.54) is 0 Å². The number of anilines is 3. The molecule has 0 radical (unpaired) electrons. The van der Waals surface area contributed by atoms with Crippen molar-refractivity contribution in [2.45, 2.75) is 32.4 Å². The largest absolute Gasteiger partial charge is 0.379 e. The molecule has 1 fully saturated rings. The van der Waals surface area contributed by atoms with Gasteiger partial charge in [0.25, 0.3) is 0 Å². The summed E-state index contributed by atoms with van der Waals surface area (Å²) >= 11 is 0. The smallest absolute Gasteiger partial charge is 0.208 e. The van der Waals surface area contributed by atoms with Gasteiger partial charge < -0.3 is 19.9 Å². The van der Waals surface area contributed by atoms with Crippen LogP contribution in [0.1, 0.15) is 26.3 Å². The summed E-state index contributed by atoms with van der Waals surface area (Å²) in [5.41, 5.74) is 0.885. The van der Waals surface area contributed by atoms with Crippen LogP contribution in [0, 0.1) is 17.5 Å². The van der Waals surface area contributed by atoms with Crippen molar-refractivity contribution in [1.82, 2.24) is 14.5 Å². The van der Waals surface area contributed by atoms with E-state index in [2.05, 4.69) is 20.6 Å². The van der Waals surface area contributed by atoms with Gasteiger partial charge in [-0.25, -0.2) is 23.1 Å². The van der Waals surface area contributed by atoms with Gasteiger partial charge >= 0.3 is 0 Å². The number of fused-ring (bicyclic) bond motifs is 1. The molecule has 3 heterocycles. The second kappa shape index (κ2) is 7.31. The van der Waals surface area contributed by atoms with Gasteiger partial charge in [0, 0.05) is 30.8 Å². The second-order valence-corrected chi connectivity index (χ2v) is 7.05. The summed E-state index contributed by atoms with van der Waals surface area (Å²) in [6.07, 6.45) is 2.35. The molecule has 0 aliphatic carbocycles. The lowest BCUT2D eigenvalue weighted by molar-refractivity contribution is 0.187. The summed E-state index contributed by atoms with van der Waals surface area (Å²) in [4.78, 5) is 8.79. The van der Waals surface area contributed by atoms with Crippen molar-refractivity contribution < 1.29 is 17.9 Å². The quantitative estimate of drug-likeness (QED) is 0.676. The van der Waals surface area contributed by atoms with Gasteiger partial charge in [0.05, 0.1) is 24.4 Å². The Morgan fingerprint density at radius 2 is 1.93 bits per heavy atom. The average Bonchev–Trinajstić information content (AvgIpc) is 3.24. The fourth-order valence-electron chi connectivity index (χ4n) is 3.33. The van der Waals surface area contributed by atoms with Crippen LogP contribution in [-0.2, 0) is 4.74 Å². The molecule has 1 aromatic carbocycles. The molecule has 0 unspecified atom stereocenters. The molecular weight excluding hydrogens is 371 g/mol. The molecule has 1 aliphatic heterocycles. The minimum atomic E-state index is -1.03. The average molecular weight is 391 g/mol. The lowest BCUT2D eigenvalue weighted by Crippen LogP contribution is -2.14. The number of imidazole rings is 1. The first kappa shape index (κ1) is 18.5. The maximum atomic E-state index is 14.1. The highest BCUT2D eigenvalue weighted by atomic mass is 19.1. The van der Waals surface area contributed by atoms with Crippen molar-refractivity contribution >= 4 is 28.5 Å². The van der Waals surface area contributed by atoms with E-state index < -0.39 is 23.1 Å². The monoisotopic (exact) mass is 391 g/mol. The Balaban J connectivity index is 1.82. The number of aromatic nitrogens is 3. The zero-order valence-corrected chi connectivity index (χ0v) is 15.5. The van der Waals surface area contributed by atoms with E-state index >= 15 is 0 Å². The van der Waals surface area contributed by atoms with Gasteiger partial charge in [-0.05, 0) is 20.3 Å². The first-order valence-corrected chi connectivity index (χ1v) is 9.06. The molecule has 0 saturated carbocycles. The van der Waals surface area contributed by atoms with Gasteiger partial charge in [-0.3, -0.25) is 0 Å². The maximum Gasteiger partial charge on any atom is 0.208 e. The zero-order valence-electron chi connectivity index (χ0n) is 15.5. The first-order chi connectivity index (χ1) is 13.4. The zero-order chi connectivity index (χ0) is 19.8. The van der Waals surface area contributed by atoms with Crippen LogP contribution in [-0.4, -0.2) is 33.8 Å². The Bertz CT molecular complexity index is 991. The van der Waals surface area contributed by atoms with E-state index in [0.717, 1.165) is 11.9 Å². The topological polar surface area (TPSA) is 64.0 Å². The summed E-state index contributed by atoms with van der Waals surface area (Å²) in [7, 11) is 0. The number of rotatable bonds is 5. The maximum absolute atomic E-state index is 14.1. The van der Waals surface area contributed by atoms with E-state index in [1.807, 2.05) is 24.5 Å². The number of halogens is 3. The third-order valence-electron chi connectivity index (χ3n) is 4.53. The minimum absolute atomic E-state index is 0.0478. The number of pyridine rings is 1. The highest BCUT2D eigenvalue weighted by molar-refractivity contribution is 5.81. The van der Waals surface area contributed by atoms with Crippen molar-refractivity contribution in [2.75, 3.05) is 23.8 Å². The van der Waals surface area contributed by atoms with Crippen molar-refractivity contribution in [3.63, 3.8) is 0 Å². The summed E-state index contributed by atoms with van der Waals surface area (Å²) < 4.78 is 48.9. The minimum Gasteiger partial charge on any atom is -0.379 e. The van der Waals surface area contributed by atoms with Crippen molar-refractivity contribution in [2.24, 2.45) is 0 Å². The van der Waals surface area contributed by atoms with Crippen LogP contribution in [0.5, 0.6) is 0 Å². The number of nitrogens with one attached hydrogen (secondary N) is 2. The van der Waals surface area contributed by atoms with E-state index in [4.69, 9.17) is 4.74 Å². The number of hydrogen-bond acceptors (Lipinski definition) is 5. The predicted molar refractivity (Wildman–Crippen MR) is 100 cm³/mol. The van der Waals surface area contributed by atoms with Crippen LogP contribution >= 0.6 is 0 Å². The third kappa shape index (κ3) is 3.49. The second-order valence-electron chi connectivity index (χ2n) is 7.05. The molecule has 9 heteroatoms. The number of nitrogens with zero attached hydrogens (tertiary/aromatic N) is 3. The summed E-state index contributed by atoms with van der Waals surface area (Å²) in [6, 6.07) is 3.25. The van der Waals surface area contributed by atoms with E-state index in [0.29, 0.717) is 36.7 Å². The molecule has 28 heavy (non-hydrogen) atoms. The summed E-state index contributed by atoms with van der Waals surface area (Å²) in [5, 5.41) is 5.93. The van der Waals surface area contributed by atoms with Gasteiger partial charge in [-0.1, -0.05) is 0 Å². The molecule has 1 aliphatic rings. The molecule has 148 valence electrons. The van der Waals surface area contributed by atoms with Gasteiger partial charge in [-0.2, -0.15) is 0 Å². The Morgan fingerprint density at radius 3 is 2.57 bits per heavy atom. The fraction of sp³-hybridized carbons (Fsp3) is 0.368. The molecule has 6 nitrogen and oxygen atoms in total. The van der Waals surface area contributed by atoms with E-state index in [-0.39, 0.29) is 18.0 Å². The van der Waals surface area contributed by atoms with Crippen LogP contribution in [0.2, 0.25) is 0 Å². The highest BCUT2D eigenvalue weighted by Gasteiger charge is 2.25. The van der Waals surface area contributed by atoms with Crippen LogP contribution in [0.25, 0.3) is 11.0 Å². The highest BCUT2D eigenvalue weighted by Crippen LogP contribution is 2.33. The molecular formula is C19H20F3N5O. The van der Waals surface area contributed by atoms with Gasteiger partial charge in [0.1, 0.15) is 22.8 Å². The Kier molecular flexibility index (Phi) is 4.84.